The second kappa shape index (κ2) is 5.67. The lowest BCUT2D eigenvalue weighted by Crippen LogP contribution is -1.89. The maximum Gasteiger partial charge on any atom is 0.133 e. The van der Waals surface area contributed by atoms with E-state index in [-0.39, 0.29) is 0 Å². The molecule has 0 unspecified atom stereocenters. The van der Waals surface area contributed by atoms with Crippen LogP contribution in [-0.2, 0) is 0 Å². The quantitative estimate of drug-likeness (QED) is 0.755. The smallest absolute Gasteiger partial charge is 0.133 e. The Morgan fingerprint density at radius 1 is 0.941 bits per heavy atom. The maximum atomic E-state index is 4.61. The summed E-state index contributed by atoms with van der Waals surface area (Å²) < 4.78 is 0. The van der Waals surface area contributed by atoms with E-state index in [0.29, 0.717) is 0 Å². The lowest BCUT2D eigenvalue weighted by atomic mass is 10.0. The first-order chi connectivity index (χ1) is 8.04. The molecule has 0 saturated carbocycles. The zero-order chi connectivity index (χ0) is 13.0. The number of imidazole rings is 1. The number of nitrogens with zero attached hydrogens (tertiary/aromatic N) is 1. The van der Waals surface area contributed by atoms with E-state index >= 15 is 0 Å². The normalized spacial score (nSPS) is 10.3. The standard InChI is InChI=1S/C15H22N2/c1-7-10(4)13-14(11(5)8-2)17-15(16-13)12(6)9-3/h4-9H2,1-3H3,(H,16,17). The minimum absolute atomic E-state index is 0.863. The minimum atomic E-state index is 0.863. The molecule has 17 heavy (non-hydrogen) atoms. The first-order valence-electron chi connectivity index (χ1n) is 6.19. The van der Waals surface area contributed by atoms with Crippen LogP contribution in [0.5, 0.6) is 0 Å². The van der Waals surface area contributed by atoms with Crippen LogP contribution in [0.25, 0.3) is 16.7 Å². The van der Waals surface area contributed by atoms with Crippen molar-refractivity contribution in [3.8, 4) is 0 Å². The largest absolute Gasteiger partial charge is 0.338 e. The number of nitrogens with one attached hydrogen (secondary N) is 1. The maximum absolute atomic E-state index is 4.61. The summed E-state index contributed by atoms with van der Waals surface area (Å²) >= 11 is 0. The first-order valence-corrected chi connectivity index (χ1v) is 6.19. The van der Waals surface area contributed by atoms with Crippen LogP contribution in [0.3, 0.4) is 0 Å². The molecule has 1 heterocycles. The summed E-state index contributed by atoms with van der Waals surface area (Å²) in [6.45, 7) is 18.4. The van der Waals surface area contributed by atoms with E-state index in [1.54, 1.807) is 0 Å². The Hall–Kier alpha value is -1.57. The summed E-state index contributed by atoms with van der Waals surface area (Å²) in [5.41, 5.74) is 5.09. The van der Waals surface area contributed by atoms with Crippen molar-refractivity contribution in [3.63, 3.8) is 0 Å². The van der Waals surface area contributed by atoms with Gasteiger partial charge in [0.2, 0.25) is 0 Å². The van der Waals surface area contributed by atoms with Crippen molar-refractivity contribution in [2.75, 3.05) is 0 Å². The van der Waals surface area contributed by atoms with Crippen molar-refractivity contribution < 1.29 is 0 Å². The molecule has 0 amide bonds. The van der Waals surface area contributed by atoms with Gasteiger partial charge in [-0.25, -0.2) is 4.98 Å². The number of rotatable bonds is 6. The van der Waals surface area contributed by atoms with Crippen LogP contribution in [0, 0.1) is 0 Å². The number of H-pyrrole nitrogens is 1. The van der Waals surface area contributed by atoms with Gasteiger partial charge in [0.1, 0.15) is 5.82 Å². The van der Waals surface area contributed by atoms with Gasteiger partial charge < -0.3 is 4.98 Å². The van der Waals surface area contributed by atoms with Gasteiger partial charge in [-0.2, -0.15) is 0 Å². The van der Waals surface area contributed by atoms with Gasteiger partial charge in [-0.05, 0) is 36.0 Å². The van der Waals surface area contributed by atoms with Gasteiger partial charge in [-0.1, -0.05) is 40.5 Å². The molecule has 0 bridgehead atoms. The Bertz CT molecular complexity index is 416. The van der Waals surface area contributed by atoms with E-state index < -0.39 is 0 Å². The van der Waals surface area contributed by atoms with Crippen LogP contribution in [0.1, 0.15) is 57.2 Å². The predicted molar refractivity (Wildman–Crippen MR) is 76.6 cm³/mol. The molecule has 0 aliphatic carbocycles. The van der Waals surface area contributed by atoms with Crippen LogP contribution >= 0.6 is 0 Å². The van der Waals surface area contributed by atoms with Crippen molar-refractivity contribution in [1.29, 1.82) is 0 Å². The average Bonchev–Trinajstić information content (AvgIpc) is 2.80. The van der Waals surface area contributed by atoms with Crippen molar-refractivity contribution in [3.05, 3.63) is 36.9 Å². The lowest BCUT2D eigenvalue weighted by molar-refractivity contribution is 1.13. The summed E-state index contributed by atoms with van der Waals surface area (Å²) in [5.74, 6) is 0.863. The predicted octanol–water partition coefficient (Wildman–Crippen LogP) is 4.68. The van der Waals surface area contributed by atoms with Gasteiger partial charge >= 0.3 is 0 Å². The van der Waals surface area contributed by atoms with Gasteiger partial charge in [0.15, 0.2) is 0 Å². The van der Waals surface area contributed by atoms with Gasteiger partial charge in [0.05, 0.1) is 11.4 Å². The highest BCUT2D eigenvalue weighted by molar-refractivity contribution is 5.76. The van der Waals surface area contributed by atoms with E-state index in [9.17, 15) is 0 Å². The average molecular weight is 230 g/mol. The fraction of sp³-hybridized carbons (Fsp3) is 0.400. The number of aromatic nitrogens is 2. The highest BCUT2D eigenvalue weighted by Crippen LogP contribution is 2.27. The monoisotopic (exact) mass is 230 g/mol. The number of hydrogen-bond acceptors (Lipinski definition) is 1. The molecular weight excluding hydrogens is 208 g/mol. The molecule has 0 spiro atoms. The minimum Gasteiger partial charge on any atom is -0.338 e. The van der Waals surface area contributed by atoms with Gasteiger partial charge in [-0.15, -0.1) is 0 Å². The van der Waals surface area contributed by atoms with Gasteiger partial charge in [-0.3, -0.25) is 0 Å². The second-order valence-electron chi connectivity index (χ2n) is 4.18. The Balaban J connectivity index is 3.26. The zero-order valence-corrected chi connectivity index (χ0v) is 11.2. The van der Waals surface area contributed by atoms with Gasteiger partial charge in [0.25, 0.3) is 0 Å². The fourth-order valence-electron chi connectivity index (χ4n) is 1.56. The Morgan fingerprint density at radius 3 is 1.94 bits per heavy atom. The van der Waals surface area contributed by atoms with Gasteiger partial charge in [0, 0.05) is 0 Å². The van der Waals surface area contributed by atoms with E-state index in [2.05, 4.69) is 50.5 Å². The molecule has 2 heteroatoms. The molecule has 0 saturated heterocycles. The van der Waals surface area contributed by atoms with Crippen molar-refractivity contribution >= 4 is 16.7 Å². The van der Waals surface area contributed by atoms with Crippen LogP contribution in [0.2, 0.25) is 0 Å². The van der Waals surface area contributed by atoms with E-state index in [0.717, 1.165) is 53.2 Å². The molecule has 92 valence electrons. The lowest BCUT2D eigenvalue weighted by Gasteiger charge is -2.04. The molecule has 0 radical (unpaired) electrons. The van der Waals surface area contributed by atoms with E-state index in [1.165, 1.54) is 0 Å². The van der Waals surface area contributed by atoms with Crippen molar-refractivity contribution in [2.45, 2.75) is 40.0 Å². The number of allylic oxidation sites excluding steroid dienone is 3. The Kier molecular flexibility index (Phi) is 4.50. The second-order valence-corrected chi connectivity index (χ2v) is 4.18. The molecule has 0 aliphatic rings. The molecule has 1 aromatic heterocycles. The molecule has 0 aromatic carbocycles. The molecule has 0 atom stereocenters. The molecule has 0 aliphatic heterocycles. The molecule has 1 aromatic rings. The van der Waals surface area contributed by atoms with E-state index in [4.69, 9.17) is 0 Å². The third kappa shape index (κ3) is 2.76. The van der Waals surface area contributed by atoms with E-state index in [1.807, 2.05) is 0 Å². The van der Waals surface area contributed by atoms with Crippen molar-refractivity contribution in [1.82, 2.24) is 9.97 Å². The Labute approximate surface area is 104 Å². The number of aromatic amines is 1. The summed E-state index contributed by atoms with van der Waals surface area (Å²) in [4.78, 5) is 7.93. The van der Waals surface area contributed by atoms with Crippen LogP contribution < -0.4 is 0 Å². The van der Waals surface area contributed by atoms with Crippen LogP contribution in [-0.4, -0.2) is 9.97 Å². The fourth-order valence-corrected chi connectivity index (χ4v) is 1.56. The summed E-state index contributed by atoms with van der Waals surface area (Å²) in [7, 11) is 0. The third-order valence-corrected chi connectivity index (χ3v) is 3.01. The third-order valence-electron chi connectivity index (χ3n) is 3.01. The molecular formula is C15H22N2. The molecule has 1 N–H and O–H groups in total. The highest BCUT2D eigenvalue weighted by atomic mass is 14.9. The highest BCUT2D eigenvalue weighted by Gasteiger charge is 2.14. The topological polar surface area (TPSA) is 28.7 Å². The van der Waals surface area contributed by atoms with Crippen molar-refractivity contribution in [2.24, 2.45) is 0 Å². The molecule has 2 nitrogen and oxygen atoms in total. The zero-order valence-electron chi connectivity index (χ0n) is 11.2. The first kappa shape index (κ1) is 13.5. The Morgan fingerprint density at radius 2 is 1.47 bits per heavy atom. The summed E-state index contributed by atoms with van der Waals surface area (Å²) in [6, 6.07) is 0. The summed E-state index contributed by atoms with van der Waals surface area (Å²) in [6.07, 6.45) is 2.70. The summed E-state index contributed by atoms with van der Waals surface area (Å²) in [5, 5.41) is 0. The molecule has 1 rings (SSSR count). The SMILES string of the molecule is C=C(CC)c1nc(C(=C)CC)c(C(=C)CC)[nH]1. The van der Waals surface area contributed by atoms with Crippen LogP contribution in [0.4, 0.5) is 0 Å². The number of hydrogen-bond donors (Lipinski definition) is 1. The van der Waals surface area contributed by atoms with Crippen LogP contribution in [0.15, 0.2) is 19.7 Å². The molecule has 0 fully saturated rings.